The quantitative estimate of drug-likeness (QED) is 0.742. The van der Waals surface area contributed by atoms with Crippen LogP contribution in [0.3, 0.4) is 0 Å². The van der Waals surface area contributed by atoms with Crippen LogP contribution >= 0.6 is 0 Å². The fraction of sp³-hybridized carbons (Fsp3) is 0.450. The monoisotopic (exact) mass is 383 g/mol. The van der Waals surface area contributed by atoms with E-state index in [4.69, 9.17) is 4.74 Å². The normalized spacial score (nSPS) is 16.0. The summed E-state index contributed by atoms with van der Waals surface area (Å²) in [4.78, 5) is 39.2. The molecule has 0 spiro atoms. The van der Waals surface area contributed by atoms with Crippen molar-refractivity contribution in [3.8, 4) is 0 Å². The zero-order chi connectivity index (χ0) is 19.8. The molecule has 0 unspecified atom stereocenters. The van der Waals surface area contributed by atoms with Gasteiger partial charge in [0.05, 0.1) is 30.2 Å². The lowest BCUT2D eigenvalue weighted by Crippen LogP contribution is -2.40. The maximum Gasteiger partial charge on any atom is 0.274 e. The average Bonchev–Trinajstić information content (AvgIpc) is 3.23. The first-order valence-electron chi connectivity index (χ1n) is 9.48. The molecule has 3 rings (SSSR count). The molecule has 1 aliphatic rings. The molecule has 148 valence electrons. The van der Waals surface area contributed by atoms with Crippen LogP contribution in [-0.4, -0.2) is 57.5 Å². The smallest absolute Gasteiger partial charge is 0.274 e. The third kappa shape index (κ3) is 5.82. The Morgan fingerprint density at radius 3 is 2.82 bits per heavy atom. The third-order valence-corrected chi connectivity index (χ3v) is 4.54. The number of aromatic nitrogens is 3. The number of ether oxygens (including phenoxy) is 1. The van der Waals surface area contributed by atoms with Gasteiger partial charge in [0.15, 0.2) is 0 Å². The SMILES string of the molecule is Cc1cnc(C(=O)N(CCC(=O)NCc2ccccn2)C[C@H]2CCCO2)cn1. The van der Waals surface area contributed by atoms with Gasteiger partial charge in [-0.05, 0) is 31.9 Å². The number of nitrogens with one attached hydrogen (secondary N) is 1. The van der Waals surface area contributed by atoms with Crippen LogP contribution in [0.4, 0.5) is 0 Å². The molecule has 2 aromatic heterocycles. The number of rotatable bonds is 8. The summed E-state index contributed by atoms with van der Waals surface area (Å²) in [6.07, 6.45) is 6.82. The molecule has 1 N–H and O–H groups in total. The number of amides is 2. The van der Waals surface area contributed by atoms with Crippen LogP contribution in [0.1, 0.15) is 41.1 Å². The fourth-order valence-corrected chi connectivity index (χ4v) is 2.99. The lowest BCUT2D eigenvalue weighted by atomic mass is 10.2. The predicted molar refractivity (Wildman–Crippen MR) is 102 cm³/mol. The first-order chi connectivity index (χ1) is 13.6. The Balaban J connectivity index is 1.57. The van der Waals surface area contributed by atoms with E-state index in [1.807, 2.05) is 25.1 Å². The molecule has 8 heteroatoms. The molecule has 2 aromatic rings. The lowest BCUT2D eigenvalue weighted by molar-refractivity contribution is -0.121. The molecular weight excluding hydrogens is 358 g/mol. The molecule has 1 fully saturated rings. The van der Waals surface area contributed by atoms with E-state index in [2.05, 4.69) is 20.3 Å². The van der Waals surface area contributed by atoms with Gasteiger partial charge in [0.2, 0.25) is 5.91 Å². The van der Waals surface area contributed by atoms with Crippen molar-refractivity contribution >= 4 is 11.8 Å². The molecule has 3 heterocycles. The van der Waals surface area contributed by atoms with Gasteiger partial charge in [0.25, 0.3) is 5.91 Å². The first kappa shape index (κ1) is 19.9. The van der Waals surface area contributed by atoms with Gasteiger partial charge in [-0.3, -0.25) is 19.6 Å². The molecule has 0 aliphatic carbocycles. The standard InChI is InChI=1S/C20H25N5O3/c1-15-11-23-18(13-22-15)20(27)25(14-17-6-4-10-28-17)9-7-19(26)24-12-16-5-2-3-8-21-16/h2-3,5,8,11,13,17H,4,6-7,9-10,12,14H2,1H3,(H,24,26)/t17-/m1/s1. The zero-order valence-electron chi connectivity index (χ0n) is 16.0. The topological polar surface area (TPSA) is 97.3 Å². The Morgan fingerprint density at radius 1 is 1.25 bits per heavy atom. The zero-order valence-corrected chi connectivity index (χ0v) is 16.0. The summed E-state index contributed by atoms with van der Waals surface area (Å²) in [5.41, 5.74) is 1.81. The number of carbonyl (C=O) groups excluding carboxylic acids is 2. The maximum atomic E-state index is 12.9. The largest absolute Gasteiger partial charge is 0.376 e. The van der Waals surface area contributed by atoms with E-state index in [1.165, 1.54) is 6.20 Å². The van der Waals surface area contributed by atoms with Crippen LogP contribution in [0.25, 0.3) is 0 Å². The minimum absolute atomic E-state index is 0.000984. The summed E-state index contributed by atoms with van der Waals surface area (Å²) in [7, 11) is 0. The number of hydrogen-bond donors (Lipinski definition) is 1. The van der Waals surface area contributed by atoms with Gasteiger partial charge in [-0.15, -0.1) is 0 Å². The molecule has 28 heavy (non-hydrogen) atoms. The highest BCUT2D eigenvalue weighted by atomic mass is 16.5. The van der Waals surface area contributed by atoms with Gasteiger partial charge in [0, 0.05) is 38.5 Å². The van der Waals surface area contributed by atoms with Gasteiger partial charge in [-0.1, -0.05) is 6.07 Å². The highest BCUT2D eigenvalue weighted by molar-refractivity contribution is 5.92. The number of pyridine rings is 1. The van der Waals surface area contributed by atoms with E-state index in [1.54, 1.807) is 17.3 Å². The molecule has 0 radical (unpaired) electrons. The maximum absolute atomic E-state index is 12.9. The molecule has 2 amide bonds. The van der Waals surface area contributed by atoms with Crippen molar-refractivity contribution in [2.45, 2.75) is 38.8 Å². The molecule has 1 atom stereocenters. The van der Waals surface area contributed by atoms with E-state index in [-0.39, 0.29) is 30.0 Å². The number of nitrogens with zero attached hydrogens (tertiary/aromatic N) is 4. The van der Waals surface area contributed by atoms with Crippen molar-refractivity contribution in [1.29, 1.82) is 0 Å². The molecule has 0 saturated carbocycles. The van der Waals surface area contributed by atoms with Crippen LogP contribution in [0.5, 0.6) is 0 Å². The van der Waals surface area contributed by atoms with Gasteiger partial charge < -0.3 is 15.0 Å². The summed E-state index contributed by atoms with van der Waals surface area (Å²) < 4.78 is 5.66. The first-order valence-corrected chi connectivity index (χ1v) is 9.48. The second-order valence-electron chi connectivity index (χ2n) is 6.78. The minimum Gasteiger partial charge on any atom is -0.376 e. The van der Waals surface area contributed by atoms with Gasteiger partial charge in [-0.25, -0.2) is 4.98 Å². The summed E-state index contributed by atoms with van der Waals surface area (Å²) in [6, 6.07) is 5.55. The van der Waals surface area contributed by atoms with Crippen molar-refractivity contribution in [3.63, 3.8) is 0 Å². The Morgan fingerprint density at radius 2 is 2.14 bits per heavy atom. The highest BCUT2D eigenvalue weighted by Gasteiger charge is 2.24. The van der Waals surface area contributed by atoms with Crippen LogP contribution in [0.15, 0.2) is 36.8 Å². The lowest BCUT2D eigenvalue weighted by Gasteiger charge is -2.25. The number of aryl methyl sites for hydroxylation is 1. The summed E-state index contributed by atoms with van der Waals surface area (Å²) in [6.45, 7) is 3.63. The van der Waals surface area contributed by atoms with Crippen molar-refractivity contribution in [3.05, 3.63) is 53.9 Å². The third-order valence-electron chi connectivity index (χ3n) is 4.54. The minimum atomic E-state index is -0.236. The molecular formula is C20H25N5O3. The van der Waals surface area contributed by atoms with Crippen molar-refractivity contribution in [2.75, 3.05) is 19.7 Å². The van der Waals surface area contributed by atoms with Gasteiger partial charge in [-0.2, -0.15) is 0 Å². The van der Waals surface area contributed by atoms with E-state index in [0.717, 1.165) is 24.2 Å². The van der Waals surface area contributed by atoms with Gasteiger partial charge in [0.1, 0.15) is 5.69 Å². The highest BCUT2D eigenvalue weighted by Crippen LogP contribution is 2.15. The second kappa shape index (κ2) is 9.89. The Bertz CT molecular complexity index is 776. The Labute approximate surface area is 164 Å². The fourth-order valence-electron chi connectivity index (χ4n) is 2.99. The van der Waals surface area contributed by atoms with E-state index < -0.39 is 0 Å². The summed E-state index contributed by atoms with van der Waals surface area (Å²) in [5.74, 6) is -0.369. The van der Waals surface area contributed by atoms with Crippen molar-refractivity contribution < 1.29 is 14.3 Å². The van der Waals surface area contributed by atoms with Crippen LogP contribution < -0.4 is 5.32 Å². The van der Waals surface area contributed by atoms with Crippen molar-refractivity contribution in [2.24, 2.45) is 0 Å². The van der Waals surface area contributed by atoms with Crippen LogP contribution in [0.2, 0.25) is 0 Å². The molecule has 8 nitrogen and oxygen atoms in total. The number of hydrogen-bond acceptors (Lipinski definition) is 6. The van der Waals surface area contributed by atoms with Crippen molar-refractivity contribution in [1.82, 2.24) is 25.2 Å². The molecule has 0 bridgehead atoms. The van der Waals surface area contributed by atoms with E-state index >= 15 is 0 Å². The molecule has 1 aliphatic heterocycles. The van der Waals surface area contributed by atoms with Gasteiger partial charge >= 0.3 is 0 Å². The number of carbonyl (C=O) groups is 2. The molecule has 1 saturated heterocycles. The molecule has 0 aromatic carbocycles. The van der Waals surface area contributed by atoms with Crippen LogP contribution in [0, 0.1) is 6.92 Å². The summed E-state index contributed by atoms with van der Waals surface area (Å²) >= 11 is 0. The van der Waals surface area contributed by atoms with Crippen LogP contribution in [-0.2, 0) is 16.1 Å². The second-order valence-corrected chi connectivity index (χ2v) is 6.78. The summed E-state index contributed by atoms with van der Waals surface area (Å²) in [5, 5.41) is 2.84. The van der Waals surface area contributed by atoms with E-state index in [0.29, 0.717) is 26.2 Å². The predicted octanol–water partition coefficient (Wildman–Crippen LogP) is 1.51. The average molecular weight is 383 g/mol. The Kier molecular flexibility index (Phi) is 7.02. The van der Waals surface area contributed by atoms with E-state index in [9.17, 15) is 9.59 Å². The Hall–Kier alpha value is -2.87.